The molecule has 0 N–H and O–H groups in total. The molecule has 0 aliphatic carbocycles. The normalized spacial score (nSPS) is 13.8. The van der Waals surface area contributed by atoms with Crippen molar-refractivity contribution in [3.63, 3.8) is 0 Å². The molecule has 0 nitrogen and oxygen atoms in total. The molecule has 54 valence electrons. The van der Waals surface area contributed by atoms with Crippen LogP contribution in [0.25, 0.3) is 0 Å². The molecule has 0 aromatic heterocycles. The van der Waals surface area contributed by atoms with Gasteiger partial charge in [0.25, 0.3) is 0 Å². The predicted molar refractivity (Wildman–Crippen MR) is 47.7 cm³/mol. The summed E-state index contributed by atoms with van der Waals surface area (Å²) in [6.07, 6.45) is 4.80. The van der Waals surface area contributed by atoms with Gasteiger partial charge in [-0.15, -0.1) is 6.58 Å². The molecule has 0 aromatic rings. The van der Waals surface area contributed by atoms with Crippen LogP contribution in [0.1, 0.15) is 19.8 Å². The number of hydrogen-bond donors (Lipinski definition) is 0. The van der Waals surface area contributed by atoms with E-state index in [9.17, 15) is 0 Å². The van der Waals surface area contributed by atoms with E-state index in [0.29, 0.717) is 0 Å². The Morgan fingerprint density at radius 2 is 2.11 bits per heavy atom. The molecule has 0 aliphatic rings. The minimum atomic E-state index is -0.421. The Kier molecular flexibility index (Phi) is 4.78. The van der Waals surface area contributed by atoms with Gasteiger partial charge in [-0.2, -0.15) is 0 Å². The highest BCUT2D eigenvalue weighted by atomic mass is 28.3. The van der Waals surface area contributed by atoms with E-state index in [1.165, 1.54) is 12.8 Å². The Morgan fingerprint density at radius 1 is 1.56 bits per heavy atom. The molecule has 1 atom stereocenters. The van der Waals surface area contributed by atoms with E-state index in [-0.39, 0.29) is 0 Å². The molecule has 0 radical (unpaired) electrons. The highest BCUT2D eigenvalue weighted by Crippen LogP contribution is 2.17. The van der Waals surface area contributed by atoms with Gasteiger partial charge in [0.05, 0.1) is 0 Å². The van der Waals surface area contributed by atoms with Gasteiger partial charge in [-0.05, 0) is 12.0 Å². The summed E-state index contributed by atoms with van der Waals surface area (Å²) in [6, 6.07) is 0. The van der Waals surface area contributed by atoms with Crippen LogP contribution in [-0.4, -0.2) is 8.80 Å². The zero-order chi connectivity index (χ0) is 7.28. The summed E-state index contributed by atoms with van der Waals surface area (Å²) < 4.78 is 0. The van der Waals surface area contributed by atoms with Gasteiger partial charge in [0, 0.05) is 8.80 Å². The van der Waals surface area contributed by atoms with Crippen LogP contribution in [0.2, 0.25) is 18.6 Å². The van der Waals surface area contributed by atoms with Crippen LogP contribution in [0.15, 0.2) is 12.7 Å². The third-order valence-corrected chi connectivity index (χ3v) is 4.10. The molecule has 1 unspecified atom stereocenters. The van der Waals surface area contributed by atoms with Gasteiger partial charge in [0.2, 0.25) is 0 Å². The smallest absolute Gasteiger partial charge is 0.0380 e. The average molecular weight is 142 g/mol. The fourth-order valence-electron chi connectivity index (χ4n) is 1.06. The Balaban J connectivity index is 3.54. The third kappa shape index (κ3) is 3.52. The molecule has 9 heavy (non-hydrogen) atoms. The van der Waals surface area contributed by atoms with Crippen molar-refractivity contribution >= 4 is 8.80 Å². The van der Waals surface area contributed by atoms with Crippen LogP contribution in [0.5, 0.6) is 0 Å². The largest absolute Gasteiger partial charge is 0.103 e. The highest BCUT2D eigenvalue weighted by molar-refractivity contribution is 6.58. The molecule has 0 rings (SSSR count). The molecule has 0 aliphatic heterocycles. The van der Waals surface area contributed by atoms with Crippen molar-refractivity contribution < 1.29 is 0 Å². The molecular weight excluding hydrogens is 124 g/mol. The number of rotatable bonds is 4. The van der Waals surface area contributed by atoms with Crippen molar-refractivity contribution in [1.82, 2.24) is 0 Å². The molecule has 0 saturated carbocycles. The van der Waals surface area contributed by atoms with Gasteiger partial charge in [-0.1, -0.05) is 32.5 Å². The van der Waals surface area contributed by atoms with Crippen molar-refractivity contribution in [2.75, 3.05) is 0 Å². The quantitative estimate of drug-likeness (QED) is 0.418. The summed E-state index contributed by atoms with van der Waals surface area (Å²) in [4.78, 5) is 0. The van der Waals surface area contributed by atoms with Crippen molar-refractivity contribution in [1.29, 1.82) is 0 Å². The van der Waals surface area contributed by atoms with E-state index >= 15 is 0 Å². The lowest BCUT2D eigenvalue weighted by Gasteiger charge is -2.12. The van der Waals surface area contributed by atoms with E-state index < -0.39 is 8.80 Å². The maximum Gasteiger partial charge on any atom is 0.0380 e. The van der Waals surface area contributed by atoms with Crippen LogP contribution in [-0.2, 0) is 0 Å². The minimum Gasteiger partial charge on any atom is -0.103 e. The van der Waals surface area contributed by atoms with Crippen molar-refractivity contribution in [3.8, 4) is 0 Å². The van der Waals surface area contributed by atoms with Gasteiger partial charge in [-0.25, -0.2) is 0 Å². The maximum atomic E-state index is 3.84. The van der Waals surface area contributed by atoms with Gasteiger partial charge in [-0.3, -0.25) is 0 Å². The molecule has 0 heterocycles. The van der Waals surface area contributed by atoms with Gasteiger partial charge >= 0.3 is 0 Å². The third-order valence-electron chi connectivity index (χ3n) is 1.78. The summed E-state index contributed by atoms with van der Waals surface area (Å²) in [6.45, 7) is 10.9. The Labute approximate surface area is 60.6 Å². The first kappa shape index (κ1) is 8.96. The molecule has 0 fully saturated rings. The van der Waals surface area contributed by atoms with Crippen molar-refractivity contribution in [3.05, 3.63) is 12.7 Å². The van der Waals surface area contributed by atoms with Crippen LogP contribution < -0.4 is 0 Å². The summed E-state index contributed by atoms with van der Waals surface area (Å²) >= 11 is 0. The van der Waals surface area contributed by atoms with Crippen LogP contribution in [0, 0.1) is 0 Å². The predicted octanol–water partition coefficient (Wildman–Crippen LogP) is 2.83. The summed E-state index contributed by atoms with van der Waals surface area (Å²) in [5, 5.41) is 0. The fraction of sp³-hybridized carbons (Fsp3) is 0.750. The van der Waals surface area contributed by atoms with Gasteiger partial charge < -0.3 is 0 Å². The first-order chi connectivity index (χ1) is 4.22. The van der Waals surface area contributed by atoms with E-state index in [1.54, 1.807) is 0 Å². The first-order valence-electron chi connectivity index (χ1n) is 3.84. The second kappa shape index (κ2) is 4.80. The van der Waals surface area contributed by atoms with Crippen LogP contribution >= 0.6 is 0 Å². The summed E-state index contributed by atoms with van der Waals surface area (Å²) in [5.74, 6) is 0. The number of allylic oxidation sites excluding steroid dienone is 1. The monoisotopic (exact) mass is 142 g/mol. The molecule has 0 saturated heterocycles. The Hall–Kier alpha value is -0.0431. The number of hydrogen-bond acceptors (Lipinski definition) is 0. The maximum absolute atomic E-state index is 3.84. The lowest BCUT2D eigenvalue weighted by molar-refractivity contribution is 0.801. The summed E-state index contributed by atoms with van der Waals surface area (Å²) in [7, 11) is -0.421. The SMILES string of the molecule is C=CC(CCC)[SiH](C)C. The van der Waals surface area contributed by atoms with Crippen molar-refractivity contribution in [2.45, 2.75) is 38.4 Å². The lowest BCUT2D eigenvalue weighted by atomic mass is 10.2. The fourth-order valence-corrected chi connectivity index (χ4v) is 2.60. The van der Waals surface area contributed by atoms with E-state index in [2.05, 4.69) is 32.7 Å². The second-order valence-corrected chi connectivity index (χ2v) is 6.28. The lowest BCUT2D eigenvalue weighted by Crippen LogP contribution is -2.08. The standard InChI is InChI=1S/C8H18Si/c1-5-7-8(6-2)9(3)4/h6,8-9H,2,5,7H2,1,3-4H3. The average Bonchev–Trinajstić information content (AvgIpc) is 1.82. The zero-order valence-corrected chi connectivity index (χ0v) is 8.01. The van der Waals surface area contributed by atoms with Gasteiger partial charge in [0.15, 0.2) is 0 Å². The first-order valence-corrected chi connectivity index (χ1v) is 6.82. The van der Waals surface area contributed by atoms with Crippen molar-refractivity contribution in [2.24, 2.45) is 0 Å². The van der Waals surface area contributed by atoms with Crippen LogP contribution in [0.3, 0.4) is 0 Å². The van der Waals surface area contributed by atoms with E-state index in [0.717, 1.165) is 5.54 Å². The molecule has 0 amide bonds. The minimum absolute atomic E-state index is 0.421. The molecular formula is C8H18Si. The second-order valence-electron chi connectivity index (χ2n) is 2.93. The Bertz CT molecular complexity index is 76.6. The topological polar surface area (TPSA) is 0 Å². The zero-order valence-electron chi connectivity index (χ0n) is 6.85. The van der Waals surface area contributed by atoms with E-state index in [1.807, 2.05) is 0 Å². The van der Waals surface area contributed by atoms with E-state index in [4.69, 9.17) is 0 Å². The highest BCUT2D eigenvalue weighted by Gasteiger charge is 2.07. The molecule has 0 bridgehead atoms. The summed E-state index contributed by atoms with van der Waals surface area (Å²) in [5.41, 5.74) is 0.870. The molecule has 1 heteroatoms. The molecule has 0 spiro atoms. The Morgan fingerprint density at radius 3 is 2.22 bits per heavy atom. The van der Waals surface area contributed by atoms with Crippen LogP contribution in [0.4, 0.5) is 0 Å². The van der Waals surface area contributed by atoms with Gasteiger partial charge in [0.1, 0.15) is 0 Å². The molecule has 0 aromatic carbocycles.